The summed E-state index contributed by atoms with van der Waals surface area (Å²) in [6.45, 7) is 6.55. The molecule has 0 fully saturated rings. The lowest BCUT2D eigenvalue weighted by Gasteiger charge is -2.21. The summed E-state index contributed by atoms with van der Waals surface area (Å²) >= 11 is 5.27. The molecule has 1 N–H and O–H groups in total. The SMILES string of the molecule is CC(C)OP(=O)(OCNC(=O)CCl)OC(C)C. The standard InChI is InChI=1S/C9H19ClNO5P/c1-7(2)15-17(13,16-8(3)4)14-6-11-9(12)5-10/h7-8H,5-6H2,1-4H3,(H,11,12). The number of phosphoric ester groups is 1. The fourth-order valence-corrected chi connectivity index (χ4v) is 2.36. The molecule has 0 unspecified atom stereocenters. The molecule has 0 radical (unpaired) electrons. The van der Waals surface area contributed by atoms with Gasteiger partial charge >= 0.3 is 7.82 Å². The van der Waals surface area contributed by atoms with Crippen LogP contribution >= 0.6 is 19.4 Å². The summed E-state index contributed by atoms with van der Waals surface area (Å²) in [4.78, 5) is 10.8. The third-order valence-corrected chi connectivity index (χ3v) is 3.34. The smallest absolute Gasteiger partial charge is 0.332 e. The average Bonchev–Trinajstić information content (AvgIpc) is 2.14. The number of hydrogen-bond acceptors (Lipinski definition) is 5. The fraction of sp³-hybridized carbons (Fsp3) is 0.889. The minimum atomic E-state index is -3.66. The second-order valence-electron chi connectivity index (χ2n) is 3.76. The molecule has 0 atom stereocenters. The van der Waals surface area contributed by atoms with Crippen LogP contribution in [0.1, 0.15) is 27.7 Å². The van der Waals surface area contributed by atoms with Crippen LogP contribution in [0, 0.1) is 0 Å². The number of rotatable bonds is 8. The minimum absolute atomic E-state index is 0.191. The summed E-state index contributed by atoms with van der Waals surface area (Å²) in [5.41, 5.74) is 0. The molecule has 0 spiro atoms. The predicted octanol–water partition coefficient (Wildman–Crippen LogP) is 2.27. The Morgan fingerprint density at radius 1 is 1.24 bits per heavy atom. The zero-order chi connectivity index (χ0) is 13.5. The van der Waals surface area contributed by atoms with Crippen LogP contribution in [0.25, 0.3) is 0 Å². The van der Waals surface area contributed by atoms with Crippen LogP contribution < -0.4 is 5.32 Å². The van der Waals surface area contributed by atoms with Crippen LogP contribution in [0.5, 0.6) is 0 Å². The van der Waals surface area contributed by atoms with Crippen LogP contribution in [0.15, 0.2) is 0 Å². The lowest BCUT2D eigenvalue weighted by atomic mass is 10.5. The Hall–Kier alpha value is -0.130. The van der Waals surface area contributed by atoms with Gasteiger partial charge in [-0.3, -0.25) is 18.4 Å². The van der Waals surface area contributed by atoms with Crippen molar-refractivity contribution >= 4 is 25.3 Å². The van der Waals surface area contributed by atoms with E-state index in [9.17, 15) is 9.36 Å². The van der Waals surface area contributed by atoms with Crippen LogP contribution in [-0.4, -0.2) is 30.7 Å². The Morgan fingerprint density at radius 2 is 1.71 bits per heavy atom. The van der Waals surface area contributed by atoms with Gasteiger partial charge in [-0.2, -0.15) is 0 Å². The van der Waals surface area contributed by atoms with Crippen LogP contribution in [0.3, 0.4) is 0 Å². The maximum atomic E-state index is 12.1. The van der Waals surface area contributed by atoms with E-state index in [4.69, 9.17) is 25.2 Å². The van der Waals surface area contributed by atoms with Gasteiger partial charge in [0.1, 0.15) is 12.6 Å². The molecule has 0 rings (SSSR count). The van der Waals surface area contributed by atoms with Crippen LogP contribution in [0.2, 0.25) is 0 Å². The summed E-state index contributed by atoms with van der Waals surface area (Å²) < 4.78 is 27.2. The van der Waals surface area contributed by atoms with Crippen molar-refractivity contribution < 1.29 is 22.9 Å². The minimum Gasteiger partial charge on any atom is -0.332 e. The van der Waals surface area contributed by atoms with Gasteiger partial charge in [0, 0.05) is 0 Å². The van der Waals surface area contributed by atoms with E-state index in [0.29, 0.717) is 0 Å². The van der Waals surface area contributed by atoms with Crippen LogP contribution in [0.4, 0.5) is 0 Å². The summed E-state index contributed by atoms with van der Waals surface area (Å²) in [6, 6.07) is 0. The molecule has 0 aliphatic carbocycles. The molecule has 0 heterocycles. The number of carbonyl (C=O) groups excluding carboxylic acids is 1. The number of halogens is 1. The quantitative estimate of drug-likeness (QED) is 0.421. The monoisotopic (exact) mass is 287 g/mol. The Labute approximate surface area is 107 Å². The van der Waals surface area contributed by atoms with E-state index in [0.717, 1.165) is 0 Å². The molecule has 0 aliphatic heterocycles. The maximum Gasteiger partial charge on any atom is 0.477 e. The van der Waals surface area contributed by atoms with Crippen LogP contribution in [-0.2, 0) is 22.9 Å². The topological polar surface area (TPSA) is 73.9 Å². The normalized spacial score (nSPS) is 12.2. The van der Waals surface area contributed by atoms with Gasteiger partial charge in [-0.05, 0) is 27.7 Å². The summed E-state index contributed by atoms with van der Waals surface area (Å²) in [5, 5.41) is 2.31. The molecular formula is C9H19ClNO5P. The highest BCUT2D eigenvalue weighted by molar-refractivity contribution is 7.48. The van der Waals surface area contributed by atoms with E-state index in [1.54, 1.807) is 27.7 Å². The average molecular weight is 288 g/mol. The van der Waals surface area contributed by atoms with E-state index >= 15 is 0 Å². The Kier molecular flexibility index (Phi) is 8.00. The van der Waals surface area contributed by atoms with Crippen molar-refractivity contribution in [3.05, 3.63) is 0 Å². The number of alkyl halides is 1. The molecule has 8 heteroatoms. The van der Waals surface area contributed by atoms with E-state index in [2.05, 4.69) is 5.32 Å². The highest BCUT2D eigenvalue weighted by Gasteiger charge is 2.29. The second kappa shape index (κ2) is 8.06. The van der Waals surface area contributed by atoms with E-state index < -0.39 is 13.7 Å². The molecule has 0 aromatic rings. The first-order valence-corrected chi connectivity index (χ1v) is 7.22. The molecule has 0 aromatic carbocycles. The van der Waals surface area contributed by atoms with E-state index in [-0.39, 0.29) is 24.8 Å². The highest BCUT2D eigenvalue weighted by Crippen LogP contribution is 2.51. The van der Waals surface area contributed by atoms with Gasteiger partial charge in [0.25, 0.3) is 0 Å². The molecular weight excluding hydrogens is 269 g/mol. The first-order chi connectivity index (χ1) is 7.79. The largest absolute Gasteiger partial charge is 0.477 e. The van der Waals surface area contributed by atoms with Crippen molar-refractivity contribution in [2.45, 2.75) is 39.9 Å². The van der Waals surface area contributed by atoms with Gasteiger partial charge in [-0.25, -0.2) is 4.57 Å². The molecule has 0 bridgehead atoms. The number of amides is 1. The Balaban J connectivity index is 4.29. The van der Waals surface area contributed by atoms with Crippen molar-refractivity contribution in [3.63, 3.8) is 0 Å². The zero-order valence-corrected chi connectivity index (χ0v) is 12.1. The summed E-state index contributed by atoms with van der Waals surface area (Å²) in [6.07, 6.45) is -0.633. The van der Waals surface area contributed by atoms with Gasteiger partial charge in [0.15, 0.2) is 0 Å². The van der Waals surface area contributed by atoms with Gasteiger partial charge in [-0.1, -0.05) is 0 Å². The second-order valence-corrected chi connectivity index (χ2v) is 5.60. The molecule has 1 amide bonds. The summed E-state index contributed by atoms with van der Waals surface area (Å²) in [5.74, 6) is -0.615. The lowest BCUT2D eigenvalue weighted by molar-refractivity contribution is -0.119. The van der Waals surface area contributed by atoms with Crippen molar-refractivity contribution in [1.82, 2.24) is 5.32 Å². The zero-order valence-electron chi connectivity index (χ0n) is 10.4. The third-order valence-electron chi connectivity index (χ3n) is 1.29. The fourth-order valence-electron chi connectivity index (χ4n) is 0.841. The molecule has 0 saturated heterocycles. The molecule has 102 valence electrons. The Morgan fingerprint density at radius 3 is 2.06 bits per heavy atom. The van der Waals surface area contributed by atoms with Gasteiger partial charge < -0.3 is 5.32 Å². The highest BCUT2D eigenvalue weighted by atomic mass is 35.5. The van der Waals surface area contributed by atoms with E-state index in [1.165, 1.54) is 0 Å². The van der Waals surface area contributed by atoms with E-state index in [1.807, 2.05) is 0 Å². The Bertz CT molecular complexity index is 271. The van der Waals surface area contributed by atoms with Crippen molar-refractivity contribution in [1.29, 1.82) is 0 Å². The molecule has 6 nitrogen and oxygen atoms in total. The molecule has 0 aromatic heterocycles. The predicted molar refractivity (Wildman–Crippen MR) is 64.9 cm³/mol. The maximum absolute atomic E-state index is 12.1. The van der Waals surface area contributed by atoms with Gasteiger partial charge in [0.2, 0.25) is 5.91 Å². The van der Waals surface area contributed by atoms with Gasteiger partial charge in [-0.15, -0.1) is 11.6 Å². The molecule has 17 heavy (non-hydrogen) atoms. The first-order valence-electron chi connectivity index (χ1n) is 5.23. The van der Waals surface area contributed by atoms with Crippen molar-refractivity contribution in [3.8, 4) is 0 Å². The first kappa shape index (κ1) is 16.9. The molecule has 0 aliphatic rings. The number of nitrogens with one attached hydrogen (secondary N) is 1. The number of phosphoric acid groups is 1. The number of hydrogen-bond donors (Lipinski definition) is 1. The molecule has 0 saturated carbocycles. The summed E-state index contributed by atoms with van der Waals surface area (Å²) in [7, 11) is -3.66. The lowest BCUT2D eigenvalue weighted by Crippen LogP contribution is -2.27. The van der Waals surface area contributed by atoms with Crippen molar-refractivity contribution in [2.75, 3.05) is 12.6 Å². The van der Waals surface area contributed by atoms with Crippen molar-refractivity contribution in [2.24, 2.45) is 0 Å². The number of carbonyl (C=O) groups is 1. The third kappa shape index (κ3) is 8.57. The van der Waals surface area contributed by atoms with Gasteiger partial charge in [0.05, 0.1) is 12.2 Å².